The Kier molecular flexibility index (Phi) is 6.99. The van der Waals surface area contributed by atoms with Crippen molar-refractivity contribution >= 4 is 15.8 Å². The summed E-state index contributed by atoms with van der Waals surface area (Å²) in [4.78, 5) is 10.1. The number of Topliss-reactive ketones (excluding diaryl/α,β-unsaturated/α-hetero) is 1. The maximum absolute atomic E-state index is 14.3. The molecule has 3 aromatic rings. The molecule has 0 saturated heterocycles. The predicted molar refractivity (Wildman–Crippen MR) is 110 cm³/mol. The van der Waals surface area contributed by atoms with Crippen molar-refractivity contribution in [2.45, 2.75) is 31.8 Å². The van der Waals surface area contributed by atoms with E-state index in [1.165, 1.54) is 50.2 Å². The van der Waals surface area contributed by atoms with Gasteiger partial charge < -0.3 is 0 Å². The maximum Gasteiger partial charge on any atom is 0.246 e. The van der Waals surface area contributed by atoms with Crippen molar-refractivity contribution in [1.82, 2.24) is 4.31 Å². The van der Waals surface area contributed by atoms with E-state index in [1.54, 1.807) is 0 Å². The molecule has 3 rings (SSSR count). The van der Waals surface area contributed by atoms with Crippen LogP contribution in [0, 0.1) is 36.0 Å². The van der Waals surface area contributed by atoms with E-state index in [0.29, 0.717) is 21.0 Å². The first-order chi connectivity index (χ1) is 15.4. The van der Waals surface area contributed by atoms with Crippen molar-refractivity contribution in [2.24, 2.45) is 0 Å². The molecule has 0 spiro atoms. The number of hydrogen-bond acceptors (Lipinski definition) is 3. The Hall–Kier alpha value is -3.11. The van der Waals surface area contributed by atoms with Gasteiger partial charge in [0.15, 0.2) is 29.1 Å². The third kappa shape index (κ3) is 5.12. The zero-order valence-corrected chi connectivity index (χ0v) is 18.3. The van der Waals surface area contributed by atoms with Gasteiger partial charge in [-0.1, -0.05) is 36.4 Å². The van der Waals surface area contributed by atoms with E-state index in [2.05, 4.69) is 0 Å². The number of sulfonamides is 1. The van der Waals surface area contributed by atoms with Crippen molar-refractivity contribution in [3.8, 4) is 0 Å². The van der Waals surface area contributed by atoms with E-state index in [4.69, 9.17) is 0 Å². The number of hydrogen-bond donors (Lipinski definition) is 0. The average molecular weight is 483 g/mol. The fraction of sp³-hybridized carbons (Fsp3) is 0.174. The van der Waals surface area contributed by atoms with Crippen LogP contribution in [0.2, 0.25) is 0 Å². The normalized spacial score (nSPS) is 11.8. The number of carbonyl (C=O) groups is 1. The first-order valence-electron chi connectivity index (χ1n) is 9.60. The minimum Gasteiger partial charge on any atom is -0.295 e. The first-order valence-corrected chi connectivity index (χ1v) is 11.0. The lowest BCUT2D eigenvalue weighted by atomic mass is 10.1. The van der Waals surface area contributed by atoms with Gasteiger partial charge in [-0.2, -0.15) is 4.31 Å². The third-order valence-corrected chi connectivity index (χ3v) is 6.79. The summed E-state index contributed by atoms with van der Waals surface area (Å²) in [5, 5.41) is 0. The van der Waals surface area contributed by atoms with Gasteiger partial charge in [-0.15, -0.1) is 0 Å². The molecule has 0 aliphatic heterocycles. The van der Waals surface area contributed by atoms with Gasteiger partial charge in [0, 0.05) is 24.7 Å². The summed E-state index contributed by atoms with van der Waals surface area (Å²) >= 11 is 0. The molecular formula is C23H18F5NO3S. The Labute approximate surface area is 187 Å². The Balaban J connectivity index is 2.08. The topological polar surface area (TPSA) is 54.5 Å². The molecule has 3 aromatic carbocycles. The zero-order chi connectivity index (χ0) is 24.5. The van der Waals surface area contributed by atoms with Crippen molar-refractivity contribution in [1.29, 1.82) is 0 Å². The Bertz CT molecular complexity index is 1320. The molecule has 33 heavy (non-hydrogen) atoms. The lowest BCUT2D eigenvalue weighted by molar-refractivity contribution is 0.101. The van der Waals surface area contributed by atoms with E-state index in [0.717, 1.165) is 6.07 Å². The Morgan fingerprint density at radius 1 is 0.788 bits per heavy atom. The van der Waals surface area contributed by atoms with E-state index in [9.17, 15) is 35.2 Å². The Morgan fingerprint density at radius 2 is 1.36 bits per heavy atom. The predicted octanol–water partition coefficient (Wildman–Crippen LogP) is 5.28. The number of ketones is 1. The van der Waals surface area contributed by atoms with Crippen LogP contribution in [0.25, 0.3) is 0 Å². The molecule has 0 saturated carbocycles. The van der Waals surface area contributed by atoms with Gasteiger partial charge in [-0.3, -0.25) is 4.79 Å². The van der Waals surface area contributed by atoms with E-state index >= 15 is 0 Å². The summed E-state index contributed by atoms with van der Waals surface area (Å²) in [6, 6.07) is 9.81. The second-order valence-electron chi connectivity index (χ2n) is 7.41. The van der Waals surface area contributed by atoms with Crippen LogP contribution in [-0.2, 0) is 23.1 Å². The van der Waals surface area contributed by atoms with Gasteiger partial charge in [0.05, 0.1) is 0 Å². The minimum absolute atomic E-state index is 0.0602. The quantitative estimate of drug-likeness (QED) is 0.199. The monoisotopic (exact) mass is 483 g/mol. The molecule has 0 fully saturated rings. The van der Waals surface area contributed by atoms with Crippen LogP contribution in [0.5, 0.6) is 0 Å². The number of benzene rings is 3. The second-order valence-corrected chi connectivity index (χ2v) is 9.31. The number of rotatable bonds is 7. The molecule has 10 heteroatoms. The minimum atomic E-state index is -4.92. The molecule has 0 radical (unpaired) electrons. The van der Waals surface area contributed by atoms with Gasteiger partial charge >= 0.3 is 0 Å². The fourth-order valence-electron chi connectivity index (χ4n) is 3.09. The van der Waals surface area contributed by atoms with Crippen LogP contribution in [0.1, 0.15) is 34.0 Å². The van der Waals surface area contributed by atoms with Crippen LogP contribution >= 0.6 is 0 Å². The van der Waals surface area contributed by atoms with E-state index in [-0.39, 0.29) is 17.4 Å². The summed E-state index contributed by atoms with van der Waals surface area (Å²) in [6.45, 7) is 1.96. The van der Waals surface area contributed by atoms with Crippen molar-refractivity contribution < 1.29 is 35.2 Å². The maximum atomic E-state index is 14.3. The summed E-state index contributed by atoms with van der Waals surface area (Å²) in [5.74, 6) is -9.18. The molecule has 0 aromatic heterocycles. The first kappa shape index (κ1) is 24.5. The average Bonchev–Trinajstić information content (AvgIpc) is 2.77. The van der Waals surface area contributed by atoms with Gasteiger partial charge in [0.2, 0.25) is 10.0 Å². The molecule has 0 N–H and O–H groups in total. The Morgan fingerprint density at radius 3 is 1.94 bits per heavy atom. The third-order valence-electron chi connectivity index (χ3n) is 5.00. The van der Waals surface area contributed by atoms with Crippen molar-refractivity contribution in [3.05, 3.63) is 99.9 Å². The molecule has 0 bridgehead atoms. The van der Waals surface area contributed by atoms with E-state index < -0.39 is 57.1 Å². The number of carbonyl (C=O) groups excluding carboxylic acids is 1. The van der Waals surface area contributed by atoms with Crippen LogP contribution in [0.4, 0.5) is 22.0 Å². The van der Waals surface area contributed by atoms with Crippen LogP contribution < -0.4 is 0 Å². The molecule has 0 atom stereocenters. The zero-order valence-electron chi connectivity index (χ0n) is 17.5. The number of nitrogens with zero attached hydrogens (tertiary/aromatic N) is 1. The highest BCUT2D eigenvalue weighted by Crippen LogP contribution is 2.28. The number of halogens is 5. The molecule has 0 amide bonds. The summed E-state index contributed by atoms with van der Waals surface area (Å²) < 4.78 is 96.3. The van der Waals surface area contributed by atoms with Crippen LogP contribution in [-0.4, -0.2) is 18.5 Å². The molecule has 0 heterocycles. The SMILES string of the molecule is CC(=O)c1ccc(CN(Cc2ccc(C)c(F)c2)S(=O)(=O)c2cc(F)c(F)c(F)c2F)cc1. The summed E-state index contributed by atoms with van der Waals surface area (Å²) in [6.07, 6.45) is 0. The van der Waals surface area contributed by atoms with Gasteiger partial charge in [0.25, 0.3) is 0 Å². The van der Waals surface area contributed by atoms with Crippen molar-refractivity contribution in [2.75, 3.05) is 0 Å². The van der Waals surface area contributed by atoms with Crippen molar-refractivity contribution in [3.63, 3.8) is 0 Å². The molecule has 0 unspecified atom stereocenters. The van der Waals surface area contributed by atoms with Gasteiger partial charge in [-0.05, 0) is 36.6 Å². The highest BCUT2D eigenvalue weighted by Gasteiger charge is 2.32. The number of aryl methyl sites for hydroxylation is 1. The molecular weight excluding hydrogens is 465 g/mol. The lowest BCUT2D eigenvalue weighted by Crippen LogP contribution is -2.31. The van der Waals surface area contributed by atoms with Gasteiger partial charge in [0.1, 0.15) is 10.7 Å². The van der Waals surface area contributed by atoms with Crippen LogP contribution in [0.15, 0.2) is 53.4 Å². The summed E-state index contributed by atoms with van der Waals surface area (Å²) in [5.41, 5.74) is 1.22. The molecule has 4 nitrogen and oxygen atoms in total. The van der Waals surface area contributed by atoms with Gasteiger partial charge in [-0.25, -0.2) is 30.4 Å². The smallest absolute Gasteiger partial charge is 0.246 e. The highest BCUT2D eigenvalue weighted by atomic mass is 32.2. The lowest BCUT2D eigenvalue weighted by Gasteiger charge is -2.23. The molecule has 0 aliphatic rings. The fourth-order valence-corrected chi connectivity index (χ4v) is 4.58. The standard InChI is InChI=1S/C23H18F5NO3S/c1-13-3-4-16(9-18(13)24)12-29(11-15-5-7-17(8-6-15)14(2)30)33(31,32)20-10-19(25)21(26)23(28)22(20)27/h3-10H,11-12H2,1-2H3. The van der Waals surface area contributed by atoms with E-state index in [1.807, 2.05) is 0 Å². The highest BCUT2D eigenvalue weighted by molar-refractivity contribution is 7.89. The van der Waals surface area contributed by atoms with Crippen LogP contribution in [0.3, 0.4) is 0 Å². The second kappa shape index (κ2) is 9.40. The summed E-state index contributed by atoms with van der Waals surface area (Å²) in [7, 11) is -4.92. The molecule has 174 valence electrons. The largest absolute Gasteiger partial charge is 0.295 e. The molecule has 0 aliphatic carbocycles.